The van der Waals surface area contributed by atoms with Gasteiger partial charge in [-0.3, -0.25) is 0 Å². The molecular weight excluding hydrogens is 198 g/mol. The Labute approximate surface area is 102 Å². The minimum absolute atomic E-state index is 0.461. The van der Waals surface area contributed by atoms with Crippen molar-refractivity contribution >= 4 is 0 Å². The molecule has 0 aliphatic heterocycles. The molecule has 16 heavy (non-hydrogen) atoms. The number of methoxy groups -OCH3 is 1. The summed E-state index contributed by atoms with van der Waals surface area (Å²) in [5.41, 5.74) is 0.461. The zero-order chi connectivity index (χ0) is 12.4. The van der Waals surface area contributed by atoms with Crippen molar-refractivity contribution in [2.75, 3.05) is 26.8 Å². The zero-order valence-electron chi connectivity index (χ0n) is 11.9. The zero-order valence-corrected chi connectivity index (χ0v) is 11.9. The lowest BCUT2D eigenvalue weighted by molar-refractivity contribution is 0.181. The molecule has 0 spiro atoms. The third-order valence-electron chi connectivity index (χ3n) is 3.34. The molecular formula is C14H31NO. The number of hydrogen-bond donors (Lipinski definition) is 1. The second-order valence-electron chi connectivity index (χ2n) is 5.64. The van der Waals surface area contributed by atoms with Crippen molar-refractivity contribution in [3.8, 4) is 0 Å². The average molecular weight is 229 g/mol. The predicted molar refractivity (Wildman–Crippen MR) is 71.8 cm³/mol. The standard InChI is InChI=1S/C14H31NO/c1-6-14(4,9-7-8-10-16-5)12-15-11-13(2)3/h13,15H,6-12H2,1-5H3. The van der Waals surface area contributed by atoms with E-state index in [4.69, 9.17) is 4.74 Å². The van der Waals surface area contributed by atoms with Crippen molar-refractivity contribution in [3.05, 3.63) is 0 Å². The first kappa shape index (κ1) is 15.9. The van der Waals surface area contributed by atoms with E-state index in [2.05, 4.69) is 33.0 Å². The SMILES string of the molecule is CCC(C)(CCCCOC)CNCC(C)C. The second-order valence-corrected chi connectivity index (χ2v) is 5.64. The summed E-state index contributed by atoms with van der Waals surface area (Å²) in [7, 11) is 1.78. The third-order valence-corrected chi connectivity index (χ3v) is 3.34. The van der Waals surface area contributed by atoms with Crippen LogP contribution in [0.25, 0.3) is 0 Å². The van der Waals surface area contributed by atoms with E-state index in [0.717, 1.165) is 25.6 Å². The van der Waals surface area contributed by atoms with Gasteiger partial charge in [0.25, 0.3) is 0 Å². The van der Waals surface area contributed by atoms with Crippen molar-refractivity contribution < 1.29 is 4.74 Å². The number of rotatable bonds is 10. The van der Waals surface area contributed by atoms with Gasteiger partial charge in [0, 0.05) is 20.3 Å². The van der Waals surface area contributed by atoms with E-state index in [1.165, 1.54) is 25.7 Å². The van der Waals surface area contributed by atoms with Gasteiger partial charge in [-0.05, 0) is 37.1 Å². The lowest BCUT2D eigenvalue weighted by Gasteiger charge is -2.29. The van der Waals surface area contributed by atoms with Crippen LogP contribution in [0.1, 0.15) is 53.4 Å². The highest BCUT2D eigenvalue weighted by Gasteiger charge is 2.20. The molecule has 2 heteroatoms. The molecule has 0 aromatic carbocycles. The number of ether oxygens (including phenoxy) is 1. The van der Waals surface area contributed by atoms with E-state index >= 15 is 0 Å². The van der Waals surface area contributed by atoms with E-state index in [1.54, 1.807) is 7.11 Å². The predicted octanol–water partition coefficient (Wildman–Crippen LogP) is 3.47. The summed E-state index contributed by atoms with van der Waals surface area (Å²) in [6.45, 7) is 12.4. The van der Waals surface area contributed by atoms with Crippen LogP contribution in [-0.4, -0.2) is 26.8 Å². The van der Waals surface area contributed by atoms with E-state index in [-0.39, 0.29) is 0 Å². The molecule has 0 aromatic heterocycles. The molecule has 0 fully saturated rings. The summed E-state index contributed by atoms with van der Waals surface area (Å²) >= 11 is 0. The Morgan fingerprint density at radius 1 is 1.25 bits per heavy atom. The number of nitrogens with one attached hydrogen (secondary N) is 1. The highest BCUT2D eigenvalue weighted by Crippen LogP contribution is 2.27. The Bertz CT molecular complexity index is 159. The lowest BCUT2D eigenvalue weighted by atomic mass is 9.82. The Kier molecular flexibility index (Phi) is 8.96. The first-order valence-corrected chi connectivity index (χ1v) is 6.73. The molecule has 0 saturated carbocycles. The highest BCUT2D eigenvalue weighted by atomic mass is 16.5. The Balaban J connectivity index is 3.72. The highest BCUT2D eigenvalue weighted by molar-refractivity contribution is 4.75. The van der Waals surface area contributed by atoms with Crippen molar-refractivity contribution in [2.45, 2.75) is 53.4 Å². The minimum atomic E-state index is 0.461. The van der Waals surface area contributed by atoms with Crippen molar-refractivity contribution in [1.82, 2.24) is 5.32 Å². The van der Waals surface area contributed by atoms with Crippen LogP contribution in [0.15, 0.2) is 0 Å². The van der Waals surface area contributed by atoms with E-state index in [0.29, 0.717) is 5.41 Å². The molecule has 0 aliphatic rings. The minimum Gasteiger partial charge on any atom is -0.385 e. The van der Waals surface area contributed by atoms with E-state index in [9.17, 15) is 0 Å². The fourth-order valence-electron chi connectivity index (χ4n) is 1.85. The van der Waals surface area contributed by atoms with Crippen molar-refractivity contribution in [1.29, 1.82) is 0 Å². The van der Waals surface area contributed by atoms with Gasteiger partial charge in [0.1, 0.15) is 0 Å². The first-order chi connectivity index (χ1) is 7.54. The van der Waals surface area contributed by atoms with Gasteiger partial charge in [0.2, 0.25) is 0 Å². The molecule has 0 aromatic rings. The first-order valence-electron chi connectivity index (χ1n) is 6.73. The monoisotopic (exact) mass is 229 g/mol. The van der Waals surface area contributed by atoms with Gasteiger partial charge < -0.3 is 10.1 Å². The molecule has 0 heterocycles. The fourth-order valence-corrected chi connectivity index (χ4v) is 1.85. The second kappa shape index (κ2) is 9.00. The lowest BCUT2D eigenvalue weighted by Crippen LogP contribution is -2.33. The van der Waals surface area contributed by atoms with E-state index in [1.807, 2.05) is 0 Å². The fraction of sp³-hybridized carbons (Fsp3) is 1.00. The van der Waals surface area contributed by atoms with Crippen LogP contribution in [0.2, 0.25) is 0 Å². The van der Waals surface area contributed by atoms with Crippen LogP contribution in [-0.2, 0) is 4.74 Å². The largest absolute Gasteiger partial charge is 0.385 e. The summed E-state index contributed by atoms with van der Waals surface area (Å²) in [6.07, 6.45) is 5.03. The topological polar surface area (TPSA) is 21.3 Å². The van der Waals surface area contributed by atoms with Crippen LogP contribution >= 0.6 is 0 Å². The third kappa shape index (κ3) is 8.12. The molecule has 2 nitrogen and oxygen atoms in total. The number of hydrogen-bond acceptors (Lipinski definition) is 2. The molecule has 1 unspecified atom stereocenters. The summed E-state index contributed by atoms with van der Waals surface area (Å²) in [6, 6.07) is 0. The molecule has 0 rings (SSSR count). The quantitative estimate of drug-likeness (QED) is 0.579. The van der Waals surface area contributed by atoms with Gasteiger partial charge in [-0.15, -0.1) is 0 Å². The Hall–Kier alpha value is -0.0800. The van der Waals surface area contributed by atoms with Gasteiger partial charge in [-0.1, -0.05) is 34.1 Å². The van der Waals surface area contributed by atoms with Crippen LogP contribution in [0.3, 0.4) is 0 Å². The molecule has 0 saturated heterocycles. The van der Waals surface area contributed by atoms with Gasteiger partial charge in [-0.25, -0.2) is 0 Å². The molecule has 0 radical (unpaired) electrons. The van der Waals surface area contributed by atoms with Gasteiger partial charge in [0.15, 0.2) is 0 Å². The molecule has 98 valence electrons. The van der Waals surface area contributed by atoms with Crippen LogP contribution in [0, 0.1) is 11.3 Å². The van der Waals surface area contributed by atoms with Crippen LogP contribution < -0.4 is 5.32 Å². The maximum atomic E-state index is 5.09. The summed E-state index contributed by atoms with van der Waals surface area (Å²) in [5, 5.41) is 3.59. The normalized spacial score (nSPS) is 15.4. The Morgan fingerprint density at radius 3 is 2.44 bits per heavy atom. The van der Waals surface area contributed by atoms with Gasteiger partial charge in [-0.2, -0.15) is 0 Å². The number of unbranched alkanes of at least 4 members (excludes halogenated alkanes) is 1. The Morgan fingerprint density at radius 2 is 1.94 bits per heavy atom. The van der Waals surface area contributed by atoms with Gasteiger partial charge in [0.05, 0.1) is 0 Å². The van der Waals surface area contributed by atoms with Crippen LogP contribution in [0.5, 0.6) is 0 Å². The average Bonchev–Trinajstić information content (AvgIpc) is 2.24. The summed E-state index contributed by atoms with van der Waals surface area (Å²) in [5.74, 6) is 0.745. The van der Waals surface area contributed by atoms with Crippen molar-refractivity contribution in [2.24, 2.45) is 11.3 Å². The van der Waals surface area contributed by atoms with Crippen molar-refractivity contribution in [3.63, 3.8) is 0 Å². The molecule has 0 aliphatic carbocycles. The molecule has 1 atom stereocenters. The summed E-state index contributed by atoms with van der Waals surface area (Å²) in [4.78, 5) is 0. The molecule has 1 N–H and O–H groups in total. The molecule has 0 bridgehead atoms. The maximum Gasteiger partial charge on any atom is 0.0462 e. The summed E-state index contributed by atoms with van der Waals surface area (Å²) < 4.78 is 5.09. The maximum absolute atomic E-state index is 5.09. The van der Waals surface area contributed by atoms with Crippen LogP contribution in [0.4, 0.5) is 0 Å². The van der Waals surface area contributed by atoms with Gasteiger partial charge >= 0.3 is 0 Å². The van der Waals surface area contributed by atoms with E-state index < -0.39 is 0 Å². The smallest absolute Gasteiger partial charge is 0.0462 e. The molecule has 0 amide bonds.